The van der Waals surface area contributed by atoms with Crippen molar-refractivity contribution < 1.29 is 5.11 Å². The second-order valence-corrected chi connectivity index (χ2v) is 6.98. The van der Waals surface area contributed by atoms with Crippen LogP contribution in [0.2, 0.25) is 0 Å². The minimum Gasteiger partial charge on any atom is -0.387 e. The summed E-state index contributed by atoms with van der Waals surface area (Å²) in [5, 5.41) is 12.4. The molecule has 0 radical (unpaired) electrons. The van der Waals surface area contributed by atoms with Crippen LogP contribution in [-0.4, -0.2) is 29.2 Å². The van der Waals surface area contributed by atoms with Gasteiger partial charge in [0.05, 0.1) is 6.10 Å². The highest BCUT2D eigenvalue weighted by Gasteiger charge is 2.27. The molecule has 0 fully saturated rings. The van der Waals surface area contributed by atoms with E-state index in [1.807, 2.05) is 44.6 Å². The molecule has 2 atom stereocenters. The van der Waals surface area contributed by atoms with Gasteiger partial charge in [0, 0.05) is 55.2 Å². The van der Waals surface area contributed by atoms with Gasteiger partial charge in [-0.1, -0.05) is 30.3 Å². The summed E-state index contributed by atoms with van der Waals surface area (Å²) in [7, 11) is 4.05. The molecular weight excluding hydrogens is 334 g/mol. The molecule has 4 nitrogen and oxygen atoms in total. The van der Waals surface area contributed by atoms with E-state index in [0.29, 0.717) is 0 Å². The van der Waals surface area contributed by atoms with Gasteiger partial charge in [0.2, 0.25) is 0 Å². The van der Waals surface area contributed by atoms with Crippen LogP contribution >= 0.6 is 0 Å². The summed E-state index contributed by atoms with van der Waals surface area (Å²) in [4.78, 5) is 9.50. The Hall–Kier alpha value is -3.11. The molecule has 2 aromatic heterocycles. The lowest BCUT2D eigenvalue weighted by Crippen LogP contribution is -2.13. The summed E-state index contributed by atoms with van der Waals surface area (Å²) in [6, 6.07) is 20.4. The maximum absolute atomic E-state index is 11.3. The predicted molar refractivity (Wildman–Crippen MR) is 110 cm³/mol. The van der Waals surface area contributed by atoms with Gasteiger partial charge in [-0.3, -0.25) is 4.98 Å². The van der Waals surface area contributed by atoms with E-state index in [-0.39, 0.29) is 5.92 Å². The summed E-state index contributed by atoms with van der Waals surface area (Å²) >= 11 is 0. The Balaban J connectivity index is 1.84. The molecule has 0 bridgehead atoms. The van der Waals surface area contributed by atoms with Gasteiger partial charge in [0.25, 0.3) is 0 Å². The summed E-state index contributed by atoms with van der Waals surface area (Å²) in [6.07, 6.45) is 4.79. The number of benzene rings is 2. The second kappa shape index (κ2) is 7.25. The Morgan fingerprint density at radius 1 is 0.889 bits per heavy atom. The molecule has 2 aromatic carbocycles. The quantitative estimate of drug-likeness (QED) is 0.553. The third-order valence-corrected chi connectivity index (χ3v) is 5.09. The number of hydrogen-bond donors (Lipinski definition) is 2. The number of pyridine rings is 1. The van der Waals surface area contributed by atoms with Gasteiger partial charge in [-0.25, -0.2) is 0 Å². The van der Waals surface area contributed by atoms with Gasteiger partial charge in [0.15, 0.2) is 0 Å². The zero-order valence-corrected chi connectivity index (χ0v) is 15.5. The molecule has 27 heavy (non-hydrogen) atoms. The van der Waals surface area contributed by atoms with Crippen molar-refractivity contribution in [3.63, 3.8) is 0 Å². The molecule has 2 heterocycles. The number of rotatable bonds is 5. The first-order chi connectivity index (χ1) is 13.1. The van der Waals surface area contributed by atoms with Crippen LogP contribution in [0.1, 0.15) is 28.7 Å². The molecule has 0 spiro atoms. The highest BCUT2D eigenvalue weighted by atomic mass is 16.3. The van der Waals surface area contributed by atoms with E-state index in [1.54, 1.807) is 12.4 Å². The first-order valence-corrected chi connectivity index (χ1v) is 9.06. The third-order valence-electron chi connectivity index (χ3n) is 5.09. The van der Waals surface area contributed by atoms with Crippen molar-refractivity contribution in [3.05, 3.63) is 95.9 Å². The molecule has 0 saturated carbocycles. The fourth-order valence-corrected chi connectivity index (χ4v) is 3.62. The van der Waals surface area contributed by atoms with Crippen LogP contribution in [0.4, 0.5) is 5.69 Å². The third kappa shape index (κ3) is 3.32. The summed E-state index contributed by atoms with van der Waals surface area (Å²) < 4.78 is 0. The topological polar surface area (TPSA) is 52.2 Å². The highest BCUT2D eigenvalue weighted by molar-refractivity contribution is 5.84. The number of anilines is 1. The highest BCUT2D eigenvalue weighted by Crippen LogP contribution is 2.40. The number of aromatic nitrogens is 2. The molecule has 0 saturated heterocycles. The maximum Gasteiger partial charge on any atom is 0.0900 e. The number of aromatic amines is 1. The van der Waals surface area contributed by atoms with Crippen LogP contribution in [0.5, 0.6) is 0 Å². The van der Waals surface area contributed by atoms with Crippen molar-refractivity contribution in [2.24, 2.45) is 0 Å². The number of H-pyrrole nitrogens is 1. The monoisotopic (exact) mass is 357 g/mol. The fraction of sp³-hybridized carbons (Fsp3) is 0.174. The van der Waals surface area contributed by atoms with Gasteiger partial charge in [0.1, 0.15) is 0 Å². The largest absolute Gasteiger partial charge is 0.387 e. The average Bonchev–Trinajstić information content (AvgIpc) is 3.13. The molecule has 136 valence electrons. The van der Waals surface area contributed by atoms with Crippen molar-refractivity contribution in [2.75, 3.05) is 19.0 Å². The first-order valence-electron chi connectivity index (χ1n) is 9.06. The van der Waals surface area contributed by atoms with E-state index in [1.165, 1.54) is 0 Å². The first kappa shape index (κ1) is 17.3. The van der Waals surface area contributed by atoms with Crippen molar-refractivity contribution in [2.45, 2.75) is 12.0 Å². The van der Waals surface area contributed by atoms with E-state index < -0.39 is 6.10 Å². The minimum absolute atomic E-state index is 0.181. The second-order valence-electron chi connectivity index (χ2n) is 6.98. The number of fused-ring (bicyclic) bond motifs is 1. The molecule has 2 unspecified atom stereocenters. The van der Waals surface area contributed by atoms with Crippen LogP contribution < -0.4 is 4.90 Å². The maximum atomic E-state index is 11.3. The Labute approximate surface area is 159 Å². The number of aliphatic hydroxyl groups is 1. The number of nitrogens with one attached hydrogen (secondary N) is 1. The molecule has 4 heteroatoms. The number of hydrogen-bond acceptors (Lipinski definition) is 3. The molecule has 4 aromatic rings. The normalized spacial score (nSPS) is 13.4. The zero-order valence-electron chi connectivity index (χ0n) is 15.5. The summed E-state index contributed by atoms with van der Waals surface area (Å²) in [5.41, 5.74) is 5.23. The van der Waals surface area contributed by atoms with Gasteiger partial charge in [-0.2, -0.15) is 0 Å². The Morgan fingerprint density at radius 3 is 2.30 bits per heavy atom. The van der Waals surface area contributed by atoms with E-state index in [4.69, 9.17) is 0 Å². The number of nitrogens with zero attached hydrogens (tertiary/aromatic N) is 2. The number of aliphatic hydroxyl groups excluding tert-OH is 1. The van der Waals surface area contributed by atoms with Crippen molar-refractivity contribution >= 4 is 16.6 Å². The SMILES string of the molecule is CN(C)c1ccc(C(c2c[nH]c3ccccc23)C(O)c2ccncc2)cc1. The van der Waals surface area contributed by atoms with E-state index in [2.05, 4.69) is 51.3 Å². The van der Waals surface area contributed by atoms with Crippen LogP contribution in [0.25, 0.3) is 10.9 Å². The van der Waals surface area contributed by atoms with Crippen molar-refractivity contribution in [3.8, 4) is 0 Å². The standard InChI is InChI=1S/C23H23N3O/c1-26(2)18-9-7-16(8-10-18)22(23(27)17-11-13-24-14-12-17)20-15-25-21-6-4-3-5-19(20)21/h3-15,22-23,25,27H,1-2H3. The summed E-state index contributed by atoms with van der Waals surface area (Å²) in [6.45, 7) is 0. The molecule has 0 aliphatic carbocycles. The Bertz CT molecular complexity index is 1020. The molecule has 0 aliphatic rings. The van der Waals surface area contributed by atoms with E-state index >= 15 is 0 Å². The zero-order chi connectivity index (χ0) is 18.8. The van der Waals surface area contributed by atoms with E-state index in [9.17, 15) is 5.11 Å². The Morgan fingerprint density at radius 2 is 1.59 bits per heavy atom. The molecule has 2 N–H and O–H groups in total. The van der Waals surface area contributed by atoms with Crippen LogP contribution in [0.3, 0.4) is 0 Å². The Kier molecular flexibility index (Phi) is 4.65. The molecule has 4 rings (SSSR count). The molecule has 0 amide bonds. The minimum atomic E-state index is -0.669. The van der Waals surface area contributed by atoms with Gasteiger partial charge in [-0.05, 0) is 47.0 Å². The van der Waals surface area contributed by atoms with Crippen molar-refractivity contribution in [1.82, 2.24) is 9.97 Å². The lowest BCUT2D eigenvalue weighted by molar-refractivity contribution is 0.159. The van der Waals surface area contributed by atoms with Gasteiger partial charge < -0.3 is 15.0 Å². The average molecular weight is 357 g/mol. The summed E-state index contributed by atoms with van der Waals surface area (Å²) in [5.74, 6) is -0.181. The lowest BCUT2D eigenvalue weighted by atomic mass is 9.83. The van der Waals surface area contributed by atoms with Crippen LogP contribution in [-0.2, 0) is 0 Å². The molecular formula is C23H23N3O. The van der Waals surface area contributed by atoms with Crippen molar-refractivity contribution in [1.29, 1.82) is 0 Å². The fourth-order valence-electron chi connectivity index (χ4n) is 3.62. The van der Waals surface area contributed by atoms with E-state index in [0.717, 1.165) is 33.3 Å². The smallest absolute Gasteiger partial charge is 0.0900 e. The number of para-hydroxylation sites is 1. The van der Waals surface area contributed by atoms with Crippen LogP contribution in [0, 0.1) is 0 Å². The lowest BCUT2D eigenvalue weighted by Gasteiger charge is -2.24. The van der Waals surface area contributed by atoms with Crippen LogP contribution in [0.15, 0.2) is 79.3 Å². The predicted octanol–water partition coefficient (Wildman–Crippen LogP) is 4.49. The van der Waals surface area contributed by atoms with Gasteiger partial charge >= 0.3 is 0 Å². The van der Waals surface area contributed by atoms with Gasteiger partial charge in [-0.15, -0.1) is 0 Å². The molecule has 0 aliphatic heterocycles.